The van der Waals surface area contributed by atoms with Crippen LogP contribution in [0.15, 0.2) is 72.9 Å². The molecule has 0 radical (unpaired) electrons. The lowest BCUT2D eigenvalue weighted by Crippen LogP contribution is -2.30. The van der Waals surface area contributed by atoms with Crippen molar-refractivity contribution in [3.8, 4) is 0 Å². The normalized spacial score (nSPS) is 12.6. The van der Waals surface area contributed by atoms with Gasteiger partial charge in [-0.3, -0.25) is 14.4 Å². The Balaban J connectivity index is 4.32. The molecule has 0 N–H and O–H groups in total. The van der Waals surface area contributed by atoms with Crippen LogP contribution in [0.25, 0.3) is 0 Å². The van der Waals surface area contributed by atoms with E-state index in [9.17, 15) is 14.4 Å². The molecule has 0 heterocycles. The van der Waals surface area contributed by atoms with Crippen molar-refractivity contribution in [1.82, 2.24) is 0 Å². The standard InChI is InChI=1S/C62H108O6/c1-4-7-10-13-16-19-22-25-27-28-29-30-31-32-33-34-35-38-40-43-46-49-52-55-61(64)67-58-59(57-66-60(63)54-51-48-45-42-39-36-24-21-18-15-12-9-6-3)68-62(65)56-53-50-47-44-41-37-26-23-20-17-14-11-8-5-2/h7,10,16,19,21,23-27,29-30,59H,4-6,8-9,11-15,17-18,20,22,28,31-58H2,1-3H3/b10-7-,19-16-,24-21-,26-23-,27-25-,30-29-. The van der Waals surface area contributed by atoms with Crippen LogP contribution < -0.4 is 0 Å². The molecule has 0 aliphatic carbocycles. The van der Waals surface area contributed by atoms with E-state index >= 15 is 0 Å². The van der Waals surface area contributed by atoms with Gasteiger partial charge in [0, 0.05) is 19.3 Å². The molecule has 0 aromatic heterocycles. The van der Waals surface area contributed by atoms with Crippen molar-refractivity contribution in [3.05, 3.63) is 72.9 Å². The van der Waals surface area contributed by atoms with Gasteiger partial charge in [-0.15, -0.1) is 0 Å². The Morgan fingerprint density at radius 1 is 0.309 bits per heavy atom. The predicted octanol–water partition coefficient (Wildman–Crippen LogP) is 19.4. The molecule has 1 unspecified atom stereocenters. The van der Waals surface area contributed by atoms with Crippen molar-refractivity contribution in [1.29, 1.82) is 0 Å². The van der Waals surface area contributed by atoms with E-state index in [1.165, 1.54) is 141 Å². The average Bonchev–Trinajstić information content (AvgIpc) is 3.34. The summed E-state index contributed by atoms with van der Waals surface area (Å²) < 4.78 is 16.8. The van der Waals surface area contributed by atoms with Crippen molar-refractivity contribution in [2.75, 3.05) is 13.2 Å². The average molecular weight is 950 g/mol. The maximum absolute atomic E-state index is 12.8. The second kappa shape index (κ2) is 56.4. The lowest BCUT2D eigenvalue weighted by molar-refractivity contribution is -0.167. The molecule has 0 saturated heterocycles. The van der Waals surface area contributed by atoms with Gasteiger partial charge in [0.15, 0.2) is 6.10 Å². The van der Waals surface area contributed by atoms with E-state index in [2.05, 4.69) is 93.7 Å². The highest BCUT2D eigenvalue weighted by molar-refractivity contribution is 5.71. The molecule has 0 amide bonds. The summed E-state index contributed by atoms with van der Waals surface area (Å²) in [5, 5.41) is 0. The molecule has 6 heteroatoms. The molecule has 6 nitrogen and oxygen atoms in total. The van der Waals surface area contributed by atoms with E-state index in [-0.39, 0.29) is 31.1 Å². The van der Waals surface area contributed by atoms with Crippen LogP contribution >= 0.6 is 0 Å². The summed E-state index contributed by atoms with van der Waals surface area (Å²) in [6.45, 7) is 6.50. The third-order valence-electron chi connectivity index (χ3n) is 12.4. The number of unbranched alkanes of at least 4 members (excludes halogenated alkanes) is 29. The molecular formula is C62H108O6. The monoisotopic (exact) mass is 949 g/mol. The summed E-state index contributed by atoms with van der Waals surface area (Å²) in [7, 11) is 0. The third-order valence-corrected chi connectivity index (χ3v) is 12.4. The van der Waals surface area contributed by atoms with Crippen molar-refractivity contribution in [2.45, 2.75) is 290 Å². The summed E-state index contributed by atoms with van der Waals surface area (Å²) in [4.78, 5) is 38.1. The van der Waals surface area contributed by atoms with E-state index in [0.29, 0.717) is 19.3 Å². The minimum atomic E-state index is -0.784. The number of rotatable bonds is 52. The summed E-state index contributed by atoms with van der Waals surface area (Å²) >= 11 is 0. The van der Waals surface area contributed by atoms with E-state index < -0.39 is 6.10 Å². The smallest absolute Gasteiger partial charge is 0.306 e. The zero-order chi connectivity index (χ0) is 49.3. The molecule has 1 atom stereocenters. The Morgan fingerprint density at radius 3 is 0.926 bits per heavy atom. The number of hydrogen-bond donors (Lipinski definition) is 0. The number of carbonyl (C=O) groups excluding carboxylic acids is 3. The first-order chi connectivity index (χ1) is 33.5. The first-order valence-corrected chi connectivity index (χ1v) is 28.9. The number of hydrogen-bond acceptors (Lipinski definition) is 6. The fourth-order valence-electron chi connectivity index (χ4n) is 8.07. The zero-order valence-electron chi connectivity index (χ0n) is 44.9. The largest absolute Gasteiger partial charge is 0.462 e. The van der Waals surface area contributed by atoms with Crippen LogP contribution in [0.2, 0.25) is 0 Å². The van der Waals surface area contributed by atoms with Gasteiger partial charge >= 0.3 is 17.9 Å². The summed E-state index contributed by atoms with van der Waals surface area (Å²) in [5.74, 6) is -0.896. The van der Waals surface area contributed by atoms with E-state index in [1.54, 1.807) is 0 Å². The Kier molecular flexibility index (Phi) is 53.8. The molecule has 0 bridgehead atoms. The lowest BCUT2D eigenvalue weighted by atomic mass is 10.1. The van der Waals surface area contributed by atoms with Gasteiger partial charge in [-0.25, -0.2) is 0 Å². The topological polar surface area (TPSA) is 78.9 Å². The molecule has 0 saturated carbocycles. The minimum Gasteiger partial charge on any atom is -0.462 e. The summed E-state index contributed by atoms with van der Waals surface area (Å²) in [6.07, 6.45) is 71.8. The van der Waals surface area contributed by atoms with Gasteiger partial charge in [0.2, 0.25) is 0 Å². The second-order valence-electron chi connectivity index (χ2n) is 19.2. The molecule has 0 fully saturated rings. The Labute approximate surface area is 421 Å². The molecular weight excluding hydrogens is 841 g/mol. The van der Waals surface area contributed by atoms with Gasteiger partial charge < -0.3 is 14.2 Å². The quantitative estimate of drug-likeness (QED) is 0.0262. The van der Waals surface area contributed by atoms with E-state index in [4.69, 9.17) is 14.2 Å². The van der Waals surface area contributed by atoms with Crippen molar-refractivity contribution in [2.24, 2.45) is 0 Å². The highest BCUT2D eigenvalue weighted by Gasteiger charge is 2.19. The summed E-state index contributed by atoms with van der Waals surface area (Å²) in [5.41, 5.74) is 0. The predicted molar refractivity (Wildman–Crippen MR) is 293 cm³/mol. The molecule has 392 valence electrons. The Hall–Kier alpha value is -3.15. The Bertz CT molecular complexity index is 1270. The molecule has 0 aliphatic heterocycles. The van der Waals surface area contributed by atoms with Gasteiger partial charge in [-0.05, 0) is 109 Å². The fraction of sp³-hybridized carbons (Fsp3) is 0.758. The first-order valence-electron chi connectivity index (χ1n) is 28.9. The Morgan fingerprint density at radius 2 is 0.574 bits per heavy atom. The van der Waals surface area contributed by atoms with Crippen molar-refractivity contribution >= 4 is 17.9 Å². The molecule has 0 spiro atoms. The fourth-order valence-corrected chi connectivity index (χ4v) is 8.07. The van der Waals surface area contributed by atoms with Crippen LogP contribution in [-0.4, -0.2) is 37.2 Å². The van der Waals surface area contributed by atoms with Gasteiger partial charge in [0.1, 0.15) is 13.2 Å². The van der Waals surface area contributed by atoms with Crippen LogP contribution in [0.3, 0.4) is 0 Å². The highest BCUT2D eigenvalue weighted by Crippen LogP contribution is 2.15. The molecule has 0 aliphatic rings. The van der Waals surface area contributed by atoms with E-state index in [1.807, 2.05) is 0 Å². The SMILES string of the molecule is CC/C=C\C/C=C\C/C=C\C/C=C\CCCCCCCCCCCCC(=O)OCC(COC(=O)CCCCCCC/C=C\CCCCCC)OC(=O)CCCCCCC/C=C\CCCCCCC. The van der Waals surface area contributed by atoms with Crippen LogP contribution in [-0.2, 0) is 28.6 Å². The van der Waals surface area contributed by atoms with Crippen LogP contribution in [0.4, 0.5) is 0 Å². The molecule has 0 rings (SSSR count). The number of allylic oxidation sites excluding steroid dienone is 12. The number of carbonyl (C=O) groups is 3. The van der Waals surface area contributed by atoms with Crippen molar-refractivity contribution in [3.63, 3.8) is 0 Å². The maximum Gasteiger partial charge on any atom is 0.306 e. The van der Waals surface area contributed by atoms with Gasteiger partial charge in [-0.1, -0.05) is 229 Å². The van der Waals surface area contributed by atoms with Crippen LogP contribution in [0.1, 0.15) is 284 Å². The molecule has 0 aromatic carbocycles. The van der Waals surface area contributed by atoms with Gasteiger partial charge in [0.05, 0.1) is 0 Å². The maximum atomic E-state index is 12.8. The van der Waals surface area contributed by atoms with E-state index in [0.717, 1.165) is 103 Å². The summed E-state index contributed by atoms with van der Waals surface area (Å²) in [6, 6.07) is 0. The number of esters is 3. The third kappa shape index (κ3) is 53.8. The molecule has 0 aromatic rings. The van der Waals surface area contributed by atoms with Crippen molar-refractivity contribution < 1.29 is 28.6 Å². The van der Waals surface area contributed by atoms with Gasteiger partial charge in [0.25, 0.3) is 0 Å². The second-order valence-corrected chi connectivity index (χ2v) is 19.2. The van der Waals surface area contributed by atoms with Crippen LogP contribution in [0, 0.1) is 0 Å². The minimum absolute atomic E-state index is 0.0826. The highest BCUT2D eigenvalue weighted by atomic mass is 16.6. The zero-order valence-corrected chi connectivity index (χ0v) is 44.9. The van der Waals surface area contributed by atoms with Crippen LogP contribution in [0.5, 0.6) is 0 Å². The number of ether oxygens (including phenoxy) is 3. The van der Waals surface area contributed by atoms with Gasteiger partial charge in [-0.2, -0.15) is 0 Å². The first kappa shape index (κ1) is 64.8. The lowest BCUT2D eigenvalue weighted by Gasteiger charge is -2.18. The molecule has 68 heavy (non-hydrogen) atoms.